The van der Waals surface area contributed by atoms with Crippen LogP contribution in [0.1, 0.15) is 31.2 Å². The minimum Gasteiger partial charge on any atom is -0.137 e. The predicted molar refractivity (Wildman–Crippen MR) is 53.2 cm³/mol. The number of aromatic nitrogens is 2. The zero-order valence-corrected chi connectivity index (χ0v) is 8.81. The molecule has 0 N–H and O–H groups in total. The van der Waals surface area contributed by atoms with Crippen molar-refractivity contribution in [1.82, 2.24) is 10.2 Å². The van der Waals surface area contributed by atoms with Crippen molar-refractivity contribution < 1.29 is 0 Å². The molecule has 1 aliphatic rings. The number of hydrogen-bond donors (Lipinski definition) is 0. The summed E-state index contributed by atoms with van der Waals surface area (Å²) in [4.78, 5) is 0. The minimum absolute atomic E-state index is 0.432. The van der Waals surface area contributed by atoms with E-state index in [4.69, 9.17) is 23.2 Å². The Balaban J connectivity index is 2.25. The van der Waals surface area contributed by atoms with Gasteiger partial charge in [0.15, 0.2) is 10.3 Å². The summed E-state index contributed by atoms with van der Waals surface area (Å²) in [6.45, 7) is 2.19. The summed E-state index contributed by atoms with van der Waals surface area (Å²) in [7, 11) is 0. The summed E-state index contributed by atoms with van der Waals surface area (Å²) < 4.78 is 0. The third-order valence-electron chi connectivity index (χ3n) is 2.59. The van der Waals surface area contributed by atoms with Crippen LogP contribution < -0.4 is 0 Å². The molecule has 0 saturated heterocycles. The fraction of sp³-hybridized carbons (Fsp3) is 0.556. The monoisotopic (exact) mass is 216 g/mol. The van der Waals surface area contributed by atoms with E-state index in [2.05, 4.69) is 17.1 Å². The molecule has 1 fully saturated rings. The maximum atomic E-state index is 5.92. The lowest BCUT2D eigenvalue weighted by molar-refractivity contribution is 0.762. The molecular formula is C9H10Cl2N2. The van der Waals surface area contributed by atoms with Gasteiger partial charge in [-0.05, 0) is 29.9 Å². The highest BCUT2D eigenvalue weighted by Gasteiger charge is 2.38. The lowest BCUT2D eigenvalue weighted by atomic mass is 10.1. The first-order valence-electron chi connectivity index (χ1n) is 4.41. The zero-order chi connectivity index (χ0) is 9.42. The molecule has 1 heterocycles. The van der Waals surface area contributed by atoms with Crippen molar-refractivity contribution in [3.63, 3.8) is 0 Å². The SMILES string of the molecule is CCC1CC1c1cc(Cl)nnc1Cl. The topological polar surface area (TPSA) is 25.8 Å². The Labute approximate surface area is 87.3 Å². The first-order chi connectivity index (χ1) is 6.22. The van der Waals surface area contributed by atoms with E-state index < -0.39 is 0 Å². The Kier molecular flexibility index (Phi) is 2.43. The molecule has 0 aromatic carbocycles. The fourth-order valence-corrected chi connectivity index (χ4v) is 2.09. The van der Waals surface area contributed by atoms with Crippen LogP contribution in [0.5, 0.6) is 0 Å². The summed E-state index contributed by atoms with van der Waals surface area (Å²) in [6.07, 6.45) is 2.40. The maximum absolute atomic E-state index is 5.92. The van der Waals surface area contributed by atoms with Gasteiger partial charge < -0.3 is 0 Å². The molecule has 2 nitrogen and oxygen atoms in total. The molecule has 1 aliphatic carbocycles. The summed E-state index contributed by atoms with van der Waals surface area (Å²) in [6, 6.07) is 1.83. The number of hydrogen-bond acceptors (Lipinski definition) is 2. The highest BCUT2D eigenvalue weighted by Crippen LogP contribution is 2.51. The predicted octanol–water partition coefficient (Wildman–Crippen LogP) is 3.30. The summed E-state index contributed by atoms with van der Waals surface area (Å²) in [5.41, 5.74) is 1.06. The van der Waals surface area contributed by atoms with E-state index in [1.807, 2.05) is 6.07 Å². The van der Waals surface area contributed by atoms with Crippen LogP contribution in [-0.2, 0) is 0 Å². The molecule has 1 aromatic rings. The molecule has 1 aromatic heterocycles. The van der Waals surface area contributed by atoms with Crippen molar-refractivity contribution in [2.24, 2.45) is 5.92 Å². The first-order valence-corrected chi connectivity index (χ1v) is 5.16. The van der Waals surface area contributed by atoms with E-state index in [0.717, 1.165) is 11.5 Å². The standard InChI is InChI=1S/C9H10Cl2N2/c1-2-5-3-6(5)7-4-8(10)12-13-9(7)11/h4-6H,2-3H2,1H3. The van der Waals surface area contributed by atoms with Gasteiger partial charge in [-0.15, -0.1) is 10.2 Å². The molecule has 2 rings (SSSR count). The highest BCUT2D eigenvalue weighted by atomic mass is 35.5. The molecule has 0 spiro atoms. The van der Waals surface area contributed by atoms with Crippen LogP contribution in [0.2, 0.25) is 10.3 Å². The third kappa shape index (κ3) is 1.79. The lowest BCUT2D eigenvalue weighted by Gasteiger charge is -2.00. The second-order valence-electron chi connectivity index (χ2n) is 3.42. The molecule has 13 heavy (non-hydrogen) atoms. The van der Waals surface area contributed by atoms with Crippen LogP contribution in [0, 0.1) is 5.92 Å². The van der Waals surface area contributed by atoms with Crippen LogP contribution in [0.3, 0.4) is 0 Å². The molecule has 1 saturated carbocycles. The summed E-state index contributed by atoms with van der Waals surface area (Å²) in [5.74, 6) is 1.32. The zero-order valence-electron chi connectivity index (χ0n) is 7.30. The number of halogens is 2. The van der Waals surface area contributed by atoms with Crippen molar-refractivity contribution in [3.05, 3.63) is 21.9 Å². The third-order valence-corrected chi connectivity index (χ3v) is 3.07. The average molecular weight is 217 g/mol. The van der Waals surface area contributed by atoms with Crippen molar-refractivity contribution in [2.45, 2.75) is 25.7 Å². The van der Waals surface area contributed by atoms with Crippen LogP contribution in [0.15, 0.2) is 6.07 Å². The van der Waals surface area contributed by atoms with Crippen LogP contribution in [-0.4, -0.2) is 10.2 Å². The van der Waals surface area contributed by atoms with E-state index >= 15 is 0 Å². The van der Waals surface area contributed by atoms with E-state index in [-0.39, 0.29) is 0 Å². The van der Waals surface area contributed by atoms with Gasteiger partial charge in [0.2, 0.25) is 0 Å². The molecule has 0 radical (unpaired) electrons. The van der Waals surface area contributed by atoms with Crippen LogP contribution in [0.4, 0.5) is 0 Å². The minimum atomic E-state index is 0.432. The van der Waals surface area contributed by atoms with Crippen molar-refractivity contribution >= 4 is 23.2 Å². The molecular weight excluding hydrogens is 207 g/mol. The van der Waals surface area contributed by atoms with Crippen LogP contribution in [0.25, 0.3) is 0 Å². The Morgan fingerprint density at radius 3 is 2.85 bits per heavy atom. The summed E-state index contributed by atoms with van der Waals surface area (Å²) in [5, 5.41) is 8.41. The van der Waals surface area contributed by atoms with Crippen molar-refractivity contribution in [2.75, 3.05) is 0 Å². The van der Waals surface area contributed by atoms with E-state index in [1.165, 1.54) is 12.8 Å². The summed E-state index contributed by atoms with van der Waals surface area (Å²) >= 11 is 11.7. The first kappa shape index (κ1) is 9.22. The molecule has 2 atom stereocenters. The fourth-order valence-electron chi connectivity index (χ4n) is 1.71. The van der Waals surface area contributed by atoms with Crippen molar-refractivity contribution in [1.29, 1.82) is 0 Å². The van der Waals surface area contributed by atoms with Gasteiger partial charge in [-0.3, -0.25) is 0 Å². The molecule has 70 valence electrons. The van der Waals surface area contributed by atoms with Gasteiger partial charge in [-0.1, -0.05) is 36.5 Å². The Hall–Kier alpha value is -0.340. The number of nitrogens with zero attached hydrogens (tertiary/aromatic N) is 2. The lowest BCUT2D eigenvalue weighted by Crippen LogP contribution is -1.91. The number of rotatable bonds is 2. The highest BCUT2D eigenvalue weighted by molar-refractivity contribution is 6.31. The smallest absolute Gasteiger partial charge is 0.137 e. The Morgan fingerprint density at radius 2 is 2.23 bits per heavy atom. The Bertz CT molecular complexity index is 327. The van der Waals surface area contributed by atoms with Crippen LogP contribution >= 0.6 is 23.2 Å². The molecule has 4 heteroatoms. The van der Waals surface area contributed by atoms with Crippen molar-refractivity contribution in [3.8, 4) is 0 Å². The Morgan fingerprint density at radius 1 is 1.46 bits per heavy atom. The quantitative estimate of drug-likeness (QED) is 0.759. The second kappa shape index (κ2) is 3.43. The molecule has 0 bridgehead atoms. The molecule has 0 amide bonds. The van der Waals surface area contributed by atoms with E-state index in [1.54, 1.807) is 0 Å². The molecule has 2 unspecified atom stereocenters. The second-order valence-corrected chi connectivity index (χ2v) is 4.17. The van der Waals surface area contributed by atoms with Gasteiger partial charge in [0.1, 0.15) is 0 Å². The van der Waals surface area contributed by atoms with Gasteiger partial charge in [0.05, 0.1) is 0 Å². The van der Waals surface area contributed by atoms with Gasteiger partial charge in [0.25, 0.3) is 0 Å². The molecule has 0 aliphatic heterocycles. The van der Waals surface area contributed by atoms with E-state index in [9.17, 15) is 0 Å². The normalized spacial score (nSPS) is 26.1. The van der Waals surface area contributed by atoms with Gasteiger partial charge in [-0.2, -0.15) is 0 Å². The maximum Gasteiger partial charge on any atom is 0.155 e. The van der Waals surface area contributed by atoms with E-state index in [0.29, 0.717) is 16.2 Å². The average Bonchev–Trinajstić information content (AvgIpc) is 2.88. The van der Waals surface area contributed by atoms with Gasteiger partial charge in [-0.25, -0.2) is 0 Å². The van der Waals surface area contributed by atoms with Gasteiger partial charge >= 0.3 is 0 Å². The van der Waals surface area contributed by atoms with Gasteiger partial charge in [0, 0.05) is 0 Å². The largest absolute Gasteiger partial charge is 0.155 e.